The fourth-order valence-electron chi connectivity index (χ4n) is 2.55. The fourth-order valence-corrected chi connectivity index (χ4v) is 2.55. The molecule has 1 rings (SSSR count). The zero-order chi connectivity index (χ0) is 15.9. The van der Waals surface area contributed by atoms with E-state index in [1.165, 1.54) is 0 Å². The maximum Gasteiger partial charge on any atom is 0.222 e. The van der Waals surface area contributed by atoms with E-state index in [2.05, 4.69) is 25.8 Å². The van der Waals surface area contributed by atoms with Gasteiger partial charge in [0.15, 0.2) is 0 Å². The number of carbonyl (C=O) groups is 1. The molecule has 0 fully saturated rings. The van der Waals surface area contributed by atoms with Crippen LogP contribution >= 0.6 is 0 Å². The van der Waals surface area contributed by atoms with Crippen molar-refractivity contribution in [2.45, 2.75) is 46.6 Å². The first-order chi connectivity index (χ1) is 9.84. The normalized spacial score (nSPS) is 13.0. The van der Waals surface area contributed by atoms with Crippen LogP contribution < -0.4 is 5.73 Å². The standard InChI is InChI=1S/C17H29N3O/c1-17(2,3)15(9-10-18)7-8-16(21)20(4)13-14-6-5-11-19-12-14/h5-6,11-12,15H,7-10,13,18H2,1-4H3. The van der Waals surface area contributed by atoms with Crippen molar-refractivity contribution in [2.75, 3.05) is 13.6 Å². The Kier molecular flexibility index (Phi) is 6.82. The molecule has 0 saturated carbocycles. The summed E-state index contributed by atoms with van der Waals surface area (Å²) in [7, 11) is 1.85. The molecule has 1 heterocycles. The summed E-state index contributed by atoms with van der Waals surface area (Å²) in [6.07, 6.45) is 6.00. The van der Waals surface area contributed by atoms with Gasteiger partial charge in [0.1, 0.15) is 0 Å². The number of nitrogens with zero attached hydrogens (tertiary/aromatic N) is 2. The van der Waals surface area contributed by atoms with Crippen LogP contribution in [-0.2, 0) is 11.3 Å². The van der Waals surface area contributed by atoms with E-state index in [-0.39, 0.29) is 11.3 Å². The Morgan fingerprint density at radius 3 is 2.62 bits per heavy atom. The molecule has 0 aromatic carbocycles. The van der Waals surface area contributed by atoms with Gasteiger partial charge in [0.25, 0.3) is 0 Å². The number of pyridine rings is 1. The predicted molar refractivity (Wildman–Crippen MR) is 86.6 cm³/mol. The third-order valence-electron chi connectivity index (χ3n) is 4.01. The average molecular weight is 291 g/mol. The van der Waals surface area contributed by atoms with E-state index in [1.54, 1.807) is 17.3 Å². The molecular formula is C17H29N3O. The van der Waals surface area contributed by atoms with E-state index in [0.717, 1.165) is 18.4 Å². The average Bonchev–Trinajstić information content (AvgIpc) is 2.42. The minimum absolute atomic E-state index is 0.185. The molecule has 0 aliphatic heterocycles. The van der Waals surface area contributed by atoms with Crippen LogP contribution in [0.15, 0.2) is 24.5 Å². The van der Waals surface area contributed by atoms with E-state index >= 15 is 0 Å². The van der Waals surface area contributed by atoms with E-state index in [4.69, 9.17) is 5.73 Å². The molecule has 2 N–H and O–H groups in total. The fraction of sp³-hybridized carbons (Fsp3) is 0.647. The van der Waals surface area contributed by atoms with Crippen LogP contribution in [0.1, 0.15) is 45.6 Å². The predicted octanol–water partition coefficient (Wildman–Crippen LogP) is 2.83. The second kappa shape index (κ2) is 8.13. The molecule has 21 heavy (non-hydrogen) atoms. The minimum Gasteiger partial charge on any atom is -0.341 e. The Labute approximate surface area is 128 Å². The number of hydrogen-bond acceptors (Lipinski definition) is 3. The molecule has 118 valence electrons. The molecule has 4 heteroatoms. The summed E-state index contributed by atoms with van der Waals surface area (Å²) in [6, 6.07) is 3.88. The molecule has 1 unspecified atom stereocenters. The molecule has 0 spiro atoms. The van der Waals surface area contributed by atoms with Crippen LogP contribution in [0.25, 0.3) is 0 Å². The van der Waals surface area contributed by atoms with Gasteiger partial charge >= 0.3 is 0 Å². The minimum atomic E-state index is 0.185. The second-order valence-corrected chi connectivity index (χ2v) is 6.79. The Morgan fingerprint density at radius 2 is 2.10 bits per heavy atom. The van der Waals surface area contributed by atoms with Gasteiger partial charge < -0.3 is 10.6 Å². The number of carbonyl (C=O) groups excluding carboxylic acids is 1. The lowest BCUT2D eigenvalue weighted by molar-refractivity contribution is -0.130. The van der Waals surface area contributed by atoms with Crippen LogP contribution in [0.4, 0.5) is 0 Å². The number of hydrogen-bond donors (Lipinski definition) is 1. The van der Waals surface area contributed by atoms with Gasteiger partial charge in [-0.3, -0.25) is 9.78 Å². The molecule has 1 aromatic heterocycles. The molecule has 0 radical (unpaired) electrons. The number of aromatic nitrogens is 1. The highest BCUT2D eigenvalue weighted by atomic mass is 16.2. The Bertz CT molecular complexity index is 425. The van der Waals surface area contributed by atoms with Crippen molar-refractivity contribution in [3.8, 4) is 0 Å². The maximum atomic E-state index is 12.3. The van der Waals surface area contributed by atoms with Crippen molar-refractivity contribution in [3.63, 3.8) is 0 Å². The van der Waals surface area contributed by atoms with Crippen LogP contribution in [0, 0.1) is 11.3 Å². The van der Waals surface area contributed by atoms with Crippen molar-refractivity contribution in [1.82, 2.24) is 9.88 Å². The zero-order valence-corrected chi connectivity index (χ0v) is 13.8. The van der Waals surface area contributed by atoms with E-state index in [0.29, 0.717) is 25.4 Å². The lowest BCUT2D eigenvalue weighted by Gasteiger charge is -2.31. The third-order valence-corrected chi connectivity index (χ3v) is 4.01. The highest BCUT2D eigenvalue weighted by molar-refractivity contribution is 5.75. The molecule has 0 aliphatic rings. The summed E-state index contributed by atoms with van der Waals surface area (Å²) in [5.74, 6) is 0.670. The summed E-state index contributed by atoms with van der Waals surface area (Å²) in [4.78, 5) is 18.1. The summed E-state index contributed by atoms with van der Waals surface area (Å²) in [5, 5.41) is 0. The van der Waals surface area contributed by atoms with Gasteiger partial charge in [0.05, 0.1) is 0 Å². The molecule has 1 amide bonds. The number of rotatable bonds is 7. The number of nitrogens with two attached hydrogens (primary N) is 1. The van der Waals surface area contributed by atoms with Gasteiger partial charge in [-0.2, -0.15) is 0 Å². The number of amides is 1. The van der Waals surface area contributed by atoms with Gasteiger partial charge in [-0.05, 0) is 42.3 Å². The summed E-state index contributed by atoms with van der Waals surface area (Å²) < 4.78 is 0. The summed E-state index contributed by atoms with van der Waals surface area (Å²) in [6.45, 7) is 7.96. The lowest BCUT2D eigenvalue weighted by atomic mass is 9.76. The smallest absolute Gasteiger partial charge is 0.222 e. The Balaban J connectivity index is 2.48. The van der Waals surface area contributed by atoms with Crippen LogP contribution in [-0.4, -0.2) is 29.4 Å². The third kappa shape index (κ3) is 6.25. The molecule has 0 aliphatic carbocycles. The van der Waals surface area contributed by atoms with Gasteiger partial charge in [-0.1, -0.05) is 26.8 Å². The summed E-state index contributed by atoms with van der Waals surface area (Å²) >= 11 is 0. The van der Waals surface area contributed by atoms with Crippen molar-refractivity contribution >= 4 is 5.91 Å². The molecule has 1 aromatic rings. The first-order valence-corrected chi connectivity index (χ1v) is 7.67. The SMILES string of the molecule is CN(Cc1cccnc1)C(=O)CCC(CCN)C(C)(C)C. The van der Waals surface area contributed by atoms with Crippen molar-refractivity contribution in [2.24, 2.45) is 17.1 Å². The maximum absolute atomic E-state index is 12.3. The molecule has 0 bridgehead atoms. The highest BCUT2D eigenvalue weighted by Crippen LogP contribution is 2.32. The van der Waals surface area contributed by atoms with E-state index in [9.17, 15) is 4.79 Å². The van der Waals surface area contributed by atoms with Gasteiger partial charge in [-0.25, -0.2) is 0 Å². The first-order valence-electron chi connectivity index (χ1n) is 7.67. The first kappa shape index (κ1) is 17.6. The van der Waals surface area contributed by atoms with E-state index < -0.39 is 0 Å². The van der Waals surface area contributed by atoms with Crippen LogP contribution in [0.3, 0.4) is 0 Å². The molecule has 4 nitrogen and oxygen atoms in total. The zero-order valence-electron chi connectivity index (χ0n) is 13.8. The van der Waals surface area contributed by atoms with Crippen LogP contribution in [0.5, 0.6) is 0 Å². The Hall–Kier alpha value is -1.42. The van der Waals surface area contributed by atoms with Crippen LogP contribution in [0.2, 0.25) is 0 Å². The molecule has 1 atom stereocenters. The second-order valence-electron chi connectivity index (χ2n) is 6.79. The van der Waals surface area contributed by atoms with Gasteiger partial charge in [-0.15, -0.1) is 0 Å². The van der Waals surface area contributed by atoms with E-state index in [1.807, 2.05) is 19.2 Å². The van der Waals surface area contributed by atoms with Crippen molar-refractivity contribution in [1.29, 1.82) is 0 Å². The monoisotopic (exact) mass is 291 g/mol. The highest BCUT2D eigenvalue weighted by Gasteiger charge is 2.24. The topological polar surface area (TPSA) is 59.2 Å². The lowest BCUT2D eigenvalue weighted by Crippen LogP contribution is -2.29. The van der Waals surface area contributed by atoms with Gasteiger partial charge in [0, 0.05) is 32.4 Å². The quantitative estimate of drug-likeness (QED) is 0.840. The summed E-state index contributed by atoms with van der Waals surface area (Å²) in [5.41, 5.74) is 6.95. The van der Waals surface area contributed by atoms with Gasteiger partial charge in [0.2, 0.25) is 5.91 Å². The molecular weight excluding hydrogens is 262 g/mol. The Morgan fingerprint density at radius 1 is 1.38 bits per heavy atom. The van der Waals surface area contributed by atoms with Crippen molar-refractivity contribution in [3.05, 3.63) is 30.1 Å². The largest absolute Gasteiger partial charge is 0.341 e. The van der Waals surface area contributed by atoms with Crippen molar-refractivity contribution < 1.29 is 4.79 Å². The molecule has 0 saturated heterocycles.